The Morgan fingerprint density at radius 2 is 1.82 bits per heavy atom. The summed E-state index contributed by atoms with van der Waals surface area (Å²) in [7, 11) is -4.44. The monoisotopic (exact) mass is 586 g/mol. The first kappa shape index (κ1) is 31.9. The summed E-state index contributed by atoms with van der Waals surface area (Å²) in [6.45, 7) is 4.01. The van der Waals surface area contributed by atoms with Crippen molar-refractivity contribution < 1.29 is 55.6 Å². The molecule has 1 aliphatic rings. The molecule has 1 aliphatic heterocycles. The Bertz CT molecular complexity index is 1010. The first-order valence-corrected chi connectivity index (χ1v) is 14.0. The third-order valence-corrected chi connectivity index (χ3v) is 7.44. The van der Waals surface area contributed by atoms with E-state index in [2.05, 4.69) is 10.6 Å². The van der Waals surface area contributed by atoms with Crippen molar-refractivity contribution in [1.82, 2.24) is 10.6 Å². The third kappa shape index (κ3) is 10.1. The van der Waals surface area contributed by atoms with Gasteiger partial charge < -0.3 is 0 Å². The van der Waals surface area contributed by atoms with Crippen LogP contribution in [0.3, 0.4) is 0 Å². The molecule has 1 atom stereocenters. The zero-order chi connectivity index (χ0) is 28.6. The number of halogens is 3. The van der Waals surface area contributed by atoms with E-state index in [9.17, 15) is 37.2 Å². The third-order valence-electron chi connectivity index (χ3n) is 5.10. The summed E-state index contributed by atoms with van der Waals surface area (Å²) >= 11 is 1.08. The van der Waals surface area contributed by atoms with Gasteiger partial charge in [-0.1, -0.05) is 0 Å². The van der Waals surface area contributed by atoms with E-state index in [1.807, 2.05) is 0 Å². The molecule has 38 heavy (non-hydrogen) atoms. The molecule has 1 saturated heterocycles. The van der Waals surface area contributed by atoms with Gasteiger partial charge in [0.05, 0.1) is 0 Å². The van der Waals surface area contributed by atoms with Crippen LogP contribution in [0.4, 0.5) is 13.2 Å². The average molecular weight is 587 g/mol. The summed E-state index contributed by atoms with van der Waals surface area (Å²) in [5.74, 6) is -1.54. The van der Waals surface area contributed by atoms with E-state index in [1.165, 1.54) is 6.92 Å². The quantitative estimate of drug-likeness (QED) is 0.153. The summed E-state index contributed by atoms with van der Waals surface area (Å²) in [5.41, 5.74) is -2.01. The predicted octanol–water partition coefficient (Wildman–Crippen LogP) is 2.58. The first-order valence-electron chi connectivity index (χ1n) is 11.3. The fourth-order valence-corrected chi connectivity index (χ4v) is 5.28. The van der Waals surface area contributed by atoms with Crippen molar-refractivity contribution in [1.29, 1.82) is 0 Å². The zero-order valence-corrected chi connectivity index (χ0v) is 22.7. The van der Waals surface area contributed by atoms with Gasteiger partial charge in [-0.2, -0.15) is 0 Å². The Labute approximate surface area is 221 Å². The number of hydrogen-bond donors (Lipinski definition) is 3. The fraction of sp³-hybridized carbons (Fsp3) is 0.545. The van der Waals surface area contributed by atoms with Crippen LogP contribution in [0.15, 0.2) is 24.3 Å². The van der Waals surface area contributed by atoms with Gasteiger partial charge in [-0.15, -0.1) is 0 Å². The Hall–Kier alpha value is -2.29. The van der Waals surface area contributed by atoms with Crippen LogP contribution in [-0.2, 0) is 38.9 Å². The maximum absolute atomic E-state index is 12.7. The van der Waals surface area contributed by atoms with Gasteiger partial charge in [-0.25, -0.2) is 0 Å². The molecule has 0 spiro atoms. The molecule has 0 bridgehead atoms. The average Bonchev–Trinajstić information content (AvgIpc) is 2.83. The van der Waals surface area contributed by atoms with Crippen molar-refractivity contribution in [2.75, 3.05) is 32.2 Å². The topological polar surface area (TPSA) is 149 Å². The van der Waals surface area contributed by atoms with Crippen molar-refractivity contribution in [3.63, 3.8) is 0 Å². The number of carbonyl (C=O) groups excluding carboxylic acids is 4. The molecule has 16 heteroatoms. The van der Waals surface area contributed by atoms with Crippen molar-refractivity contribution in [2.45, 2.75) is 39.5 Å². The molecule has 0 aliphatic carbocycles. The normalized spacial score (nSPS) is 19.2. The molecule has 3 N–H and O–H groups in total. The summed E-state index contributed by atoms with van der Waals surface area (Å²) < 4.78 is 58.6. The van der Waals surface area contributed by atoms with Gasteiger partial charge in [0.25, 0.3) is 0 Å². The predicted molar refractivity (Wildman–Crippen MR) is 132 cm³/mol. The van der Waals surface area contributed by atoms with E-state index in [0.29, 0.717) is 12.3 Å². The van der Waals surface area contributed by atoms with Crippen molar-refractivity contribution >= 4 is 42.8 Å². The van der Waals surface area contributed by atoms with Crippen LogP contribution in [-0.4, -0.2) is 66.1 Å². The Kier molecular flexibility index (Phi) is 11.5. The summed E-state index contributed by atoms with van der Waals surface area (Å²) in [6.07, 6.45) is -5.82. The van der Waals surface area contributed by atoms with Gasteiger partial charge >= 0.3 is 210 Å². The Morgan fingerprint density at radius 1 is 1.16 bits per heavy atom. The molecule has 1 aromatic carbocycles. The maximum atomic E-state index is 12.7. The number of hydrogen-bond acceptors (Lipinski definition) is 10. The standard InChI is InChI=1S/C22H30F3N2O9PS/c1-14(28)38-11-10-26-17(29)8-9-27-19(30)18-21(2,3)12-34-37(32,36-18)35-13-33-20(31)15-4-6-16(7-5-15)22(23,24)25/h4-7,18,32,37H,8-13H2,1-3H3,(H,26,29)(H,27,30)/t18-/m0/s1. The van der Waals surface area contributed by atoms with Gasteiger partial charge in [0.1, 0.15) is 0 Å². The number of benzene rings is 1. The molecule has 2 amide bonds. The number of ether oxygens (including phenoxy) is 1. The van der Waals surface area contributed by atoms with Gasteiger partial charge in [-0.3, -0.25) is 4.79 Å². The number of thioether (sulfide) groups is 1. The van der Waals surface area contributed by atoms with Crippen LogP contribution < -0.4 is 10.6 Å². The number of nitrogens with one attached hydrogen (secondary N) is 2. The molecule has 2 rings (SSSR count). The van der Waals surface area contributed by atoms with Gasteiger partial charge in [-0.05, 0) is 0 Å². The first-order chi connectivity index (χ1) is 17.6. The summed E-state index contributed by atoms with van der Waals surface area (Å²) in [4.78, 5) is 58.1. The van der Waals surface area contributed by atoms with E-state index in [1.54, 1.807) is 13.8 Å². The molecular weight excluding hydrogens is 556 g/mol. The number of carbonyl (C=O) groups is 4. The van der Waals surface area contributed by atoms with Crippen LogP contribution in [0, 0.1) is 5.41 Å². The molecule has 0 unspecified atom stereocenters. The van der Waals surface area contributed by atoms with Crippen molar-refractivity contribution in [2.24, 2.45) is 5.41 Å². The molecular formula is C22H30F3N2O9PS. The summed E-state index contributed by atoms with van der Waals surface area (Å²) in [5, 5.41) is 5.10. The molecule has 0 aromatic heterocycles. The van der Waals surface area contributed by atoms with Crippen molar-refractivity contribution in [3.8, 4) is 0 Å². The van der Waals surface area contributed by atoms with Gasteiger partial charge in [0, 0.05) is 6.92 Å². The molecule has 1 heterocycles. The van der Waals surface area contributed by atoms with E-state index in [0.717, 1.165) is 36.0 Å². The van der Waals surface area contributed by atoms with E-state index >= 15 is 0 Å². The number of amides is 2. The Balaban J connectivity index is 1.82. The Morgan fingerprint density at radius 3 is 2.42 bits per heavy atom. The second kappa shape index (κ2) is 13.7. The molecule has 0 saturated carbocycles. The number of alkyl halides is 3. The van der Waals surface area contributed by atoms with Crippen molar-refractivity contribution in [3.05, 3.63) is 35.4 Å². The van der Waals surface area contributed by atoms with Crippen LogP contribution >= 0.6 is 19.9 Å². The number of esters is 1. The zero-order valence-electron chi connectivity index (χ0n) is 20.9. The van der Waals surface area contributed by atoms with E-state index < -0.39 is 50.1 Å². The van der Waals surface area contributed by atoms with Crippen LogP contribution in [0.5, 0.6) is 0 Å². The van der Waals surface area contributed by atoms with Gasteiger partial charge in [0.2, 0.25) is 0 Å². The second-order valence-electron chi connectivity index (χ2n) is 8.80. The van der Waals surface area contributed by atoms with Crippen LogP contribution in [0.25, 0.3) is 0 Å². The fourth-order valence-electron chi connectivity index (χ4n) is 3.08. The van der Waals surface area contributed by atoms with E-state index in [-0.39, 0.29) is 36.2 Å². The molecule has 1 aromatic rings. The number of rotatable bonds is 11. The molecule has 11 nitrogen and oxygen atoms in total. The molecule has 1 fully saturated rings. The minimum absolute atomic E-state index is 0.0209. The summed E-state index contributed by atoms with van der Waals surface area (Å²) in [6, 6.07) is 3.30. The SMILES string of the molecule is CC(=O)SCCNC(=O)CCNC(=O)[C@@H]1O[PH](O)(OCOC(=O)c2ccc(C(F)(F)F)cc2)OCC1(C)C. The minimum atomic E-state index is -4.56. The molecule has 214 valence electrons. The van der Waals surface area contributed by atoms with Gasteiger partial charge in [0.15, 0.2) is 0 Å². The van der Waals surface area contributed by atoms with Crippen LogP contribution in [0.2, 0.25) is 0 Å². The van der Waals surface area contributed by atoms with E-state index in [4.69, 9.17) is 18.3 Å². The second-order valence-corrected chi connectivity index (χ2v) is 11.9. The molecule has 0 radical (unpaired) electrons. The van der Waals surface area contributed by atoms with Crippen LogP contribution in [0.1, 0.15) is 43.1 Å².